The van der Waals surface area contributed by atoms with Crippen molar-refractivity contribution in [3.05, 3.63) is 127 Å². The van der Waals surface area contributed by atoms with Gasteiger partial charge in [0.05, 0.1) is 24.2 Å². The van der Waals surface area contributed by atoms with E-state index in [1.165, 1.54) is 4.57 Å². The van der Waals surface area contributed by atoms with Gasteiger partial charge in [-0.3, -0.25) is 19.5 Å². The maximum Gasteiger partial charge on any atom is 0.320 e. The van der Waals surface area contributed by atoms with Gasteiger partial charge in [0, 0.05) is 59.7 Å². The Morgan fingerprint density at radius 3 is 2.45 bits per heavy atom. The molecule has 3 aromatic rings. The van der Waals surface area contributed by atoms with Crippen molar-refractivity contribution in [3.63, 3.8) is 0 Å². The quantitative estimate of drug-likeness (QED) is 0.0994. The van der Waals surface area contributed by atoms with E-state index >= 15 is 0 Å². The van der Waals surface area contributed by atoms with E-state index < -0.39 is 30.2 Å². The van der Waals surface area contributed by atoms with Crippen LogP contribution in [0, 0.1) is 19.3 Å². The topological polar surface area (TPSA) is 201 Å². The zero-order chi connectivity index (χ0) is 38.9. The largest absolute Gasteiger partial charge is 0.512 e. The van der Waals surface area contributed by atoms with Crippen LogP contribution in [-0.4, -0.2) is 56.9 Å². The smallest absolute Gasteiger partial charge is 0.320 e. The van der Waals surface area contributed by atoms with Crippen molar-refractivity contribution in [2.24, 2.45) is 16.1 Å². The maximum absolute atomic E-state index is 13.6. The minimum absolute atomic E-state index is 0.0442. The van der Waals surface area contributed by atoms with Gasteiger partial charge in [-0.1, -0.05) is 62.7 Å². The number of aryl methyl sites for hydroxylation is 2. The van der Waals surface area contributed by atoms with Gasteiger partial charge < -0.3 is 36.4 Å². The number of amides is 3. The molecular formula is C39H47ClN6O7. The van der Waals surface area contributed by atoms with Crippen molar-refractivity contribution in [2.45, 2.75) is 66.7 Å². The van der Waals surface area contributed by atoms with Crippen LogP contribution in [0.3, 0.4) is 0 Å². The first-order chi connectivity index (χ1) is 25.1. The highest BCUT2D eigenvalue weighted by Gasteiger charge is 2.19. The van der Waals surface area contributed by atoms with Crippen molar-refractivity contribution >= 4 is 29.4 Å². The molecule has 53 heavy (non-hydrogen) atoms. The molecule has 8 N–H and O–H groups in total. The molecule has 4 rings (SSSR count). The Labute approximate surface area is 313 Å². The summed E-state index contributed by atoms with van der Waals surface area (Å²) in [6.45, 7) is 8.94. The van der Waals surface area contributed by atoms with Crippen LogP contribution >= 0.6 is 11.6 Å². The molecule has 282 valence electrons. The number of aromatic nitrogens is 1. The number of nitrogens with one attached hydrogen (secondary N) is 3. The number of amidine groups is 1. The summed E-state index contributed by atoms with van der Waals surface area (Å²) in [5.41, 5.74) is 10.0. The van der Waals surface area contributed by atoms with Crippen LogP contribution in [0.15, 0.2) is 93.7 Å². The first-order valence-corrected chi connectivity index (χ1v) is 17.4. The summed E-state index contributed by atoms with van der Waals surface area (Å²) in [5.74, 6) is 0.215. The zero-order valence-electron chi connectivity index (χ0n) is 30.5. The highest BCUT2D eigenvalue weighted by molar-refractivity contribution is 6.31. The number of aliphatic imine (C=N–C) groups is 1. The number of aliphatic hydroxyl groups is 3. The second-order valence-corrected chi connectivity index (χ2v) is 14.1. The fourth-order valence-corrected chi connectivity index (χ4v) is 5.33. The zero-order valence-corrected chi connectivity index (χ0v) is 31.3. The molecule has 0 fully saturated rings. The number of nitrogens with two attached hydrogens (primary N) is 1. The predicted molar refractivity (Wildman–Crippen MR) is 205 cm³/mol. The highest BCUT2D eigenvalue weighted by Crippen LogP contribution is 2.27. The molecule has 1 heterocycles. The van der Waals surface area contributed by atoms with Crippen molar-refractivity contribution in [2.75, 3.05) is 13.2 Å². The number of hydrogen-bond acceptors (Lipinski definition) is 9. The summed E-state index contributed by atoms with van der Waals surface area (Å²) in [4.78, 5) is 44.0. The van der Waals surface area contributed by atoms with E-state index in [-0.39, 0.29) is 53.0 Å². The number of benzene rings is 2. The Kier molecular flexibility index (Phi) is 13.7. The molecule has 1 aliphatic carbocycles. The second kappa shape index (κ2) is 17.9. The van der Waals surface area contributed by atoms with Gasteiger partial charge in [-0.05, 0) is 61.2 Å². The number of carbonyl (C=O) groups is 2. The molecule has 13 nitrogen and oxygen atoms in total. The first kappa shape index (κ1) is 40.4. The van der Waals surface area contributed by atoms with Gasteiger partial charge in [0.2, 0.25) is 0 Å². The number of rotatable bonds is 12. The Bertz CT molecular complexity index is 2030. The van der Waals surface area contributed by atoms with Crippen LogP contribution in [0.2, 0.25) is 5.02 Å². The number of allylic oxidation sites excluding steroid dienone is 5. The molecule has 1 atom stereocenters. The number of aliphatic hydroxyl groups excluding tert-OH is 3. The minimum Gasteiger partial charge on any atom is -0.512 e. The number of halogens is 1. The molecule has 2 aromatic carbocycles. The molecule has 0 aliphatic heterocycles. The summed E-state index contributed by atoms with van der Waals surface area (Å²) >= 11 is 6.57. The van der Waals surface area contributed by atoms with Crippen molar-refractivity contribution < 1.29 is 29.6 Å². The summed E-state index contributed by atoms with van der Waals surface area (Å²) in [6, 6.07) is 13.3. The lowest BCUT2D eigenvalue weighted by Crippen LogP contribution is -2.39. The van der Waals surface area contributed by atoms with Crippen molar-refractivity contribution in [3.8, 4) is 11.4 Å². The molecule has 0 saturated heterocycles. The van der Waals surface area contributed by atoms with E-state index in [4.69, 9.17) is 27.2 Å². The van der Waals surface area contributed by atoms with Gasteiger partial charge in [0.1, 0.15) is 23.2 Å². The number of urea groups is 1. The van der Waals surface area contributed by atoms with Crippen LogP contribution in [0.5, 0.6) is 5.75 Å². The van der Waals surface area contributed by atoms with Crippen LogP contribution < -0.4 is 32.0 Å². The van der Waals surface area contributed by atoms with Crippen LogP contribution in [0.1, 0.15) is 66.4 Å². The fourth-order valence-electron chi connectivity index (χ4n) is 5.14. The molecule has 0 bridgehead atoms. The van der Waals surface area contributed by atoms with E-state index in [0.29, 0.717) is 41.2 Å². The normalized spacial score (nSPS) is 14.2. The monoisotopic (exact) mass is 746 g/mol. The Hall–Kier alpha value is -5.37. The van der Waals surface area contributed by atoms with Crippen LogP contribution in [-0.2, 0) is 13.2 Å². The van der Waals surface area contributed by atoms with E-state index in [1.807, 2.05) is 45.0 Å². The van der Waals surface area contributed by atoms with Gasteiger partial charge in [0.25, 0.3) is 11.5 Å². The number of ether oxygens (including phenoxy) is 1. The standard InChI is InChI=1S/C39H47ClN6O7/c1-23-10-11-25(36(50)42-20-30(49)21-47)17-31(23)46-24(2)16-32(35(40)37(46)51)53-22-27-9-7-6-8-26(27)19-43-38(52)45-34(18-33(41)39(3,4)5)44-28-12-14-29(48)15-13-28/h6-12,14,16-18,30,47-49H,13,15,19-22,41H2,1-5H3,(H,42,50)(H2,43,44,45,52). The van der Waals surface area contributed by atoms with Gasteiger partial charge >= 0.3 is 6.03 Å². The average molecular weight is 747 g/mol. The molecule has 1 aliphatic rings. The van der Waals surface area contributed by atoms with Gasteiger partial charge in [0.15, 0.2) is 0 Å². The SMILES string of the molecule is Cc1ccc(C(=O)NCC(O)CO)cc1-n1c(C)cc(OCc2ccccc2CNC(=O)NC(C=C(N)C(C)(C)C)=NC2=CC=C(O)CC2)c(Cl)c1=O. The average Bonchev–Trinajstić information content (AvgIpc) is 3.12. The molecular weight excluding hydrogens is 700 g/mol. The molecule has 1 unspecified atom stereocenters. The van der Waals surface area contributed by atoms with Crippen LogP contribution in [0.4, 0.5) is 4.79 Å². The van der Waals surface area contributed by atoms with E-state index in [9.17, 15) is 24.6 Å². The number of hydrogen-bond donors (Lipinski definition) is 7. The molecule has 0 saturated carbocycles. The third-order valence-electron chi connectivity index (χ3n) is 8.43. The third kappa shape index (κ3) is 11.1. The first-order valence-electron chi connectivity index (χ1n) is 17.1. The highest BCUT2D eigenvalue weighted by atomic mass is 35.5. The Morgan fingerprint density at radius 2 is 1.79 bits per heavy atom. The molecule has 0 spiro atoms. The van der Waals surface area contributed by atoms with Crippen molar-refractivity contribution in [1.82, 2.24) is 20.5 Å². The van der Waals surface area contributed by atoms with Crippen LogP contribution in [0.25, 0.3) is 5.69 Å². The van der Waals surface area contributed by atoms with E-state index in [0.717, 1.165) is 11.1 Å². The third-order valence-corrected chi connectivity index (χ3v) is 8.78. The maximum atomic E-state index is 13.6. The fraction of sp³-hybridized carbons (Fsp3) is 0.333. The Balaban J connectivity index is 1.48. The second-order valence-electron chi connectivity index (χ2n) is 13.7. The predicted octanol–water partition coefficient (Wildman–Crippen LogP) is 4.98. The van der Waals surface area contributed by atoms with Gasteiger partial charge in [-0.15, -0.1) is 0 Å². The Morgan fingerprint density at radius 1 is 1.08 bits per heavy atom. The van der Waals surface area contributed by atoms with Crippen molar-refractivity contribution in [1.29, 1.82) is 0 Å². The van der Waals surface area contributed by atoms with E-state index in [1.54, 1.807) is 56.3 Å². The lowest BCUT2D eigenvalue weighted by atomic mass is 9.92. The minimum atomic E-state index is -1.09. The molecule has 3 amide bonds. The molecule has 0 radical (unpaired) electrons. The summed E-state index contributed by atoms with van der Waals surface area (Å²) in [6.07, 6.45) is 4.76. The summed E-state index contributed by atoms with van der Waals surface area (Å²) in [5, 5.41) is 36.4. The number of carbonyl (C=O) groups excluding carboxylic acids is 2. The number of nitrogens with zero attached hydrogens (tertiary/aromatic N) is 2. The summed E-state index contributed by atoms with van der Waals surface area (Å²) < 4.78 is 7.46. The summed E-state index contributed by atoms with van der Waals surface area (Å²) in [7, 11) is 0. The molecule has 1 aromatic heterocycles. The lowest BCUT2D eigenvalue weighted by Gasteiger charge is -2.20. The molecule has 14 heteroatoms. The van der Waals surface area contributed by atoms with E-state index in [2.05, 4.69) is 20.9 Å². The van der Waals surface area contributed by atoms with Gasteiger partial charge in [-0.2, -0.15) is 0 Å². The van der Waals surface area contributed by atoms with Gasteiger partial charge in [-0.25, -0.2) is 9.79 Å². The number of pyridine rings is 1. The lowest BCUT2D eigenvalue weighted by molar-refractivity contribution is 0.0802.